The Bertz CT molecular complexity index is 204. The molecule has 0 aliphatic rings. The van der Waals surface area contributed by atoms with E-state index in [9.17, 15) is 9.59 Å². The first kappa shape index (κ1) is 12.5. The molecule has 0 saturated heterocycles. The number of amides is 2. The van der Waals surface area contributed by atoms with E-state index in [1.165, 1.54) is 6.26 Å². The van der Waals surface area contributed by atoms with Crippen LogP contribution in [0.5, 0.6) is 0 Å². The van der Waals surface area contributed by atoms with Gasteiger partial charge in [0.1, 0.15) is 6.61 Å². The quantitative estimate of drug-likeness (QED) is 0.354. The minimum absolute atomic E-state index is 0.296. The van der Waals surface area contributed by atoms with Crippen LogP contribution in [0, 0.1) is 0 Å². The van der Waals surface area contributed by atoms with Crippen molar-refractivity contribution < 1.29 is 14.3 Å². The molecule has 0 spiro atoms. The van der Waals surface area contributed by atoms with E-state index in [1.807, 2.05) is 6.92 Å². The average Bonchev–Trinajstić information content (AvgIpc) is 2.20. The van der Waals surface area contributed by atoms with Gasteiger partial charge < -0.3 is 15.4 Å². The topological polar surface area (TPSA) is 67.4 Å². The summed E-state index contributed by atoms with van der Waals surface area (Å²) in [5, 5.41) is 4.86. The van der Waals surface area contributed by atoms with E-state index in [2.05, 4.69) is 17.2 Å². The molecule has 0 bridgehead atoms. The van der Waals surface area contributed by atoms with Crippen LogP contribution in [0.1, 0.15) is 13.3 Å². The van der Waals surface area contributed by atoms with Crippen LogP contribution in [0.3, 0.4) is 0 Å². The number of nitrogens with one attached hydrogen (secondary N) is 2. The standard InChI is InChI=1S/C9H16N2O3/c1-3-5-10-8(12)9(13)11-6-7-14-4-2/h4H,2-3,5-7H2,1H3,(H,10,12)(H,11,13). The fourth-order valence-electron chi connectivity index (χ4n) is 0.706. The Morgan fingerprint density at radius 3 is 2.36 bits per heavy atom. The van der Waals surface area contributed by atoms with Gasteiger partial charge in [-0.05, 0) is 6.42 Å². The molecule has 0 aliphatic carbocycles. The summed E-state index contributed by atoms with van der Waals surface area (Å²) in [5.74, 6) is -1.24. The highest BCUT2D eigenvalue weighted by atomic mass is 16.5. The SMILES string of the molecule is C=COCCNC(=O)C(=O)NCCC. The summed E-state index contributed by atoms with van der Waals surface area (Å²) in [6, 6.07) is 0. The summed E-state index contributed by atoms with van der Waals surface area (Å²) in [6.07, 6.45) is 2.09. The van der Waals surface area contributed by atoms with Crippen LogP contribution in [0.15, 0.2) is 12.8 Å². The van der Waals surface area contributed by atoms with Crippen LogP contribution in [-0.4, -0.2) is 31.5 Å². The summed E-state index contributed by atoms with van der Waals surface area (Å²) in [7, 11) is 0. The van der Waals surface area contributed by atoms with Crippen molar-refractivity contribution in [3.8, 4) is 0 Å². The molecule has 0 unspecified atom stereocenters. The molecule has 14 heavy (non-hydrogen) atoms. The zero-order chi connectivity index (χ0) is 10.8. The van der Waals surface area contributed by atoms with Crippen molar-refractivity contribution in [2.45, 2.75) is 13.3 Å². The maximum absolute atomic E-state index is 11.0. The van der Waals surface area contributed by atoms with Crippen LogP contribution in [0.25, 0.3) is 0 Å². The van der Waals surface area contributed by atoms with Gasteiger partial charge in [0, 0.05) is 6.54 Å². The Morgan fingerprint density at radius 2 is 1.86 bits per heavy atom. The van der Waals surface area contributed by atoms with E-state index >= 15 is 0 Å². The van der Waals surface area contributed by atoms with E-state index < -0.39 is 11.8 Å². The number of ether oxygens (including phenoxy) is 1. The number of hydrogen-bond donors (Lipinski definition) is 2. The first-order valence-corrected chi connectivity index (χ1v) is 4.51. The Balaban J connectivity index is 3.52. The normalized spacial score (nSPS) is 8.93. The van der Waals surface area contributed by atoms with Crippen molar-refractivity contribution in [1.29, 1.82) is 0 Å². The average molecular weight is 200 g/mol. The molecule has 0 aliphatic heterocycles. The highest BCUT2D eigenvalue weighted by Gasteiger charge is 2.10. The summed E-state index contributed by atoms with van der Waals surface area (Å²) in [4.78, 5) is 22.0. The Kier molecular flexibility index (Phi) is 7.22. The van der Waals surface area contributed by atoms with Crippen molar-refractivity contribution in [1.82, 2.24) is 10.6 Å². The second-order valence-corrected chi connectivity index (χ2v) is 2.55. The van der Waals surface area contributed by atoms with Gasteiger partial charge in [-0.1, -0.05) is 13.5 Å². The lowest BCUT2D eigenvalue weighted by Crippen LogP contribution is -2.41. The van der Waals surface area contributed by atoms with Gasteiger partial charge in [-0.25, -0.2) is 0 Å². The molecule has 2 N–H and O–H groups in total. The molecule has 0 aromatic carbocycles. The van der Waals surface area contributed by atoms with Gasteiger partial charge in [0.25, 0.3) is 0 Å². The third kappa shape index (κ3) is 6.05. The monoisotopic (exact) mass is 200 g/mol. The molecule has 0 aromatic rings. The summed E-state index contributed by atoms with van der Waals surface area (Å²) < 4.78 is 4.76. The van der Waals surface area contributed by atoms with Crippen molar-refractivity contribution in [3.63, 3.8) is 0 Å². The molecule has 0 saturated carbocycles. The highest BCUT2D eigenvalue weighted by Crippen LogP contribution is 1.75. The molecule has 0 heterocycles. The molecule has 80 valence electrons. The second-order valence-electron chi connectivity index (χ2n) is 2.55. The van der Waals surface area contributed by atoms with Crippen molar-refractivity contribution >= 4 is 11.8 Å². The van der Waals surface area contributed by atoms with Crippen molar-refractivity contribution in [2.75, 3.05) is 19.7 Å². The van der Waals surface area contributed by atoms with Crippen molar-refractivity contribution in [2.24, 2.45) is 0 Å². The zero-order valence-electron chi connectivity index (χ0n) is 8.34. The molecule has 0 aromatic heterocycles. The molecule has 0 fully saturated rings. The van der Waals surface area contributed by atoms with Gasteiger partial charge in [-0.15, -0.1) is 0 Å². The Labute approximate surface area is 83.5 Å². The predicted octanol–water partition coefficient (Wildman–Crippen LogP) is -0.211. The van der Waals surface area contributed by atoms with Crippen LogP contribution in [0.4, 0.5) is 0 Å². The minimum Gasteiger partial charge on any atom is -0.500 e. The number of rotatable bonds is 6. The molecular formula is C9H16N2O3. The van der Waals surface area contributed by atoms with Crippen LogP contribution >= 0.6 is 0 Å². The molecule has 0 atom stereocenters. The lowest BCUT2D eigenvalue weighted by molar-refractivity contribution is -0.139. The van der Waals surface area contributed by atoms with Gasteiger partial charge in [0.2, 0.25) is 0 Å². The maximum Gasteiger partial charge on any atom is 0.309 e. The van der Waals surface area contributed by atoms with Crippen LogP contribution in [0.2, 0.25) is 0 Å². The van der Waals surface area contributed by atoms with Gasteiger partial charge in [-0.3, -0.25) is 9.59 Å². The molecule has 2 amide bonds. The molecular weight excluding hydrogens is 184 g/mol. The van der Waals surface area contributed by atoms with Gasteiger partial charge in [0.05, 0.1) is 12.8 Å². The van der Waals surface area contributed by atoms with Gasteiger partial charge in [0.15, 0.2) is 0 Å². The number of carbonyl (C=O) groups excluding carboxylic acids is 2. The van der Waals surface area contributed by atoms with E-state index in [-0.39, 0.29) is 0 Å². The summed E-state index contributed by atoms with van der Waals surface area (Å²) in [5.41, 5.74) is 0. The third-order valence-corrected chi connectivity index (χ3v) is 1.37. The van der Waals surface area contributed by atoms with E-state index in [0.717, 1.165) is 6.42 Å². The smallest absolute Gasteiger partial charge is 0.309 e. The van der Waals surface area contributed by atoms with Gasteiger partial charge in [-0.2, -0.15) is 0 Å². The summed E-state index contributed by atoms with van der Waals surface area (Å²) >= 11 is 0. The Hall–Kier alpha value is -1.52. The van der Waals surface area contributed by atoms with Crippen LogP contribution in [-0.2, 0) is 14.3 Å². The lowest BCUT2D eigenvalue weighted by Gasteiger charge is -2.04. The highest BCUT2D eigenvalue weighted by molar-refractivity contribution is 6.35. The van der Waals surface area contributed by atoms with Gasteiger partial charge >= 0.3 is 11.8 Å². The van der Waals surface area contributed by atoms with E-state index in [0.29, 0.717) is 19.7 Å². The summed E-state index contributed by atoms with van der Waals surface area (Å²) in [6.45, 7) is 6.37. The lowest BCUT2D eigenvalue weighted by atomic mass is 10.4. The fraction of sp³-hybridized carbons (Fsp3) is 0.556. The second kappa shape index (κ2) is 8.10. The third-order valence-electron chi connectivity index (χ3n) is 1.37. The molecule has 0 rings (SSSR count). The maximum atomic E-state index is 11.0. The first-order valence-electron chi connectivity index (χ1n) is 4.51. The van der Waals surface area contributed by atoms with E-state index in [1.54, 1.807) is 0 Å². The Morgan fingerprint density at radius 1 is 1.29 bits per heavy atom. The largest absolute Gasteiger partial charge is 0.500 e. The van der Waals surface area contributed by atoms with Crippen LogP contribution < -0.4 is 10.6 Å². The molecule has 5 nitrogen and oxygen atoms in total. The fourth-order valence-corrected chi connectivity index (χ4v) is 0.706. The number of hydrogen-bond acceptors (Lipinski definition) is 3. The minimum atomic E-state index is -0.633. The van der Waals surface area contributed by atoms with E-state index in [4.69, 9.17) is 4.74 Å². The number of carbonyl (C=O) groups is 2. The predicted molar refractivity (Wildman–Crippen MR) is 52.5 cm³/mol. The zero-order valence-corrected chi connectivity index (χ0v) is 8.34. The first-order chi connectivity index (χ1) is 6.72. The molecule has 5 heteroatoms. The molecule has 0 radical (unpaired) electrons. The van der Waals surface area contributed by atoms with Crippen molar-refractivity contribution in [3.05, 3.63) is 12.8 Å².